The van der Waals surface area contributed by atoms with E-state index in [1.807, 2.05) is 0 Å². The first kappa shape index (κ1) is 11.4. The van der Waals surface area contributed by atoms with Gasteiger partial charge in [0.25, 0.3) is 0 Å². The zero-order chi connectivity index (χ0) is 11.4. The molecule has 15 heavy (non-hydrogen) atoms. The Bertz CT molecular complexity index is 367. The monoisotopic (exact) mass is 231 g/mol. The summed E-state index contributed by atoms with van der Waals surface area (Å²) in [6.07, 6.45) is 0. The number of hydrogen-bond acceptors (Lipinski definition) is 6. The molecule has 0 aromatic carbocycles. The van der Waals surface area contributed by atoms with Crippen LogP contribution in [-0.2, 0) is 20.9 Å². The average molecular weight is 231 g/mol. The van der Waals surface area contributed by atoms with Crippen LogP contribution in [0.25, 0.3) is 0 Å². The molecule has 2 N–H and O–H groups in total. The summed E-state index contributed by atoms with van der Waals surface area (Å²) in [7, 11) is 0. The molecule has 0 fully saturated rings. The van der Waals surface area contributed by atoms with Crippen LogP contribution in [0.2, 0.25) is 0 Å². The topological polar surface area (TPSA) is 88.8 Å². The number of nitrogens with zero attached hydrogens (tertiary/aromatic N) is 1. The summed E-state index contributed by atoms with van der Waals surface area (Å²) in [5.74, 6) is -2.45. The minimum absolute atomic E-state index is 0.213. The van der Waals surface area contributed by atoms with E-state index >= 15 is 0 Å². The van der Waals surface area contributed by atoms with Gasteiger partial charge in [-0.25, -0.2) is 4.79 Å². The fourth-order valence-electron chi connectivity index (χ4n) is 0.929. The highest BCUT2D eigenvalue weighted by atomic mass is 32.1. The molecule has 0 atom stereocenters. The van der Waals surface area contributed by atoms with Crippen LogP contribution < -0.4 is 0 Å². The predicted molar refractivity (Wildman–Crippen MR) is 52.7 cm³/mol. The van der Waals surface area contributed by atoms with E-state index in [4.69, 9.17) is 10.2 Å². The molecule has 6 nitrogen and oxygen atoms in total. The lowest BCUT2D eigenvalue weighted by molar-refractivity contribution is -0.158. The maximum atomic E-state index is 11.1. The van der Waals surface area contributed by atoms with Crippen molar-refractivity contribution in [1.29, 1.82) is 0 Å². The standard InChI is InChI=1S/C8H9NO5S/c10-5-1-2-6(11)9(5)3-7(12)14-8(13)4-15/h1-2,10-11,15H,3-4H2. The third-order valence-electron chi connectivity index (χ3n) is 1.58. The van der Waals surface area contributed by atoms with Crippen LogP contribution in [0.15, 0.2) is 12.1 Å². The van der Waals surface area contributed by atoms with Crippen molar-refractivity contribution < 1.29 is 24.5 Å². The number of esters is 2. The maximum Gasteiger partial charge on any atom is 0.333 e. The van der Waals surface area contributed by atoms with Crippen molar-refractivity contribution >= 4 is 24.6 Å². The number of rotatable bonds is 3. The smallest absolute Gasteiger partial charge is 0.333 e. The quantitative estimate of drug-likeness (QED) is 0.384. The van der Waals surface area contributed by atoms with E-state index in [-0.39, 0.29) is 17.5 Å². The molecule has 1 heterocycles. The Morgan fingerprint density at radius 1 is 1.27 bits per heavy atom. The van der Waals surface area contributed by atoms with Crippen LogP contribution in [0.3, 0.4) is 0 Å². The summed E-state index contributed by atoms with van der Waals surface area (Å²) in [5, 5.41) is 18.3. The van der Waals surface area contributed by atoms with Gasteiger partial charge >= 0.3 is 11.9 Å². The first-order valence-corrected chi connectivity index (χ1v) is 4.59. The highest BCUT2D eigenvalue weighted by Crippen LogP contribution is 2.20. The van der Waals surface area contributed by atoms with Gasteiger partial charge in [0.2, 0.25) is 0 Å². The Labute approximate surface area is 90.5 Å². The third kappa shape index (κ3) is 2.91. The van der Waals surface area contributed by atoms with Crippen LogP contribution in [-0.4, -0.2) is 32.5 Å². The molecule has 0 spiro atoms. The lowest BCUT2D eigenvalue weighted by Gasteiger charge is -2.05. The highest BCUT2D eigenvalue weighted by Gasteiger charge is 2.13. The number of carbonyl (C=O) groups excluding carboxylic acids is 2. The van der Waals surface area contributed by atoms with Crippen molar-refractivity contribution in [3.8, 4) is 11.8 Å². The number of hydrogen-bond donors (Lipinski definition) is 3. The Kier molecular flexibility index (Phi) is 3.62. The molecule has 7 heteroatoms. The fraction of sp³-hybridized carbons (Fsp3) is 0.250. The molecule has 0 saturated carbocycles. The average Bonchev–Trinajstić information content (AvgIpc) is 2.49. The van der Waals surface area contributed by atoms with E-state index in [1.54, 1.807) is 0 Å². The Balaban J connectivity index is 2.63. The van der Waals surface area contributed by atoms with E-state index in [2.05, 4.69) is 17.4 Å². The highest BCUT2D eigenvalue weighted by molar-refractivity contribution is 7.81. The number of thiol groups is 1. The van der Waals surface area contributed by atoms with E-state index in [1.165, 1.54) is 12.1 Å². The molecule has 0 aliphatic rings. The number of carbonyl (C=O) groups is 2. The minimum Gasteiger partial charge on any atom is -0.494 e. The second-order valence-corrected chi connectivity index (χ2v) is 2.96. The molecule has 1 rings (SSSR count). The Morgan fingerprint density at radius 2 is 1.80 bits per heavy atom. The molecular formula is C8H9NO5S. The second-order valence-electron chi connectivity index (χ2n) is 2.64. The van der Waals surface area contributed by atoms with Crippen LogP contribution in [0, 0.1) is 0 Å². The SMILES string of the molecule is O=C(CS)OC(=O)Cn1c(O)ccc1O. The normalized spacial score (nSPS) is 9.93. The maximum absolute atomic E-state index is 11.1. The van der Waals surface area contributed by atoms with Crippen molar-refractivity contribution in [1.82, 2.24) is 4.57 Å². The van der Waals surface area contributed by atoms with E-state index in [9.17, 15) is 9.59 Å². The predicted octanol–water partition coefficient (Wildman–Crippen LogP) is -0.101. The zero-order valence-electron chi connectivity index (χ0n) is 7.58. The molecule has 0 saturated heterocycles. The summed E-state index contributed by atoms with van der Waals surface area (Å²) < 4.78 is 5.18. The second kappa shape index (κ2) is 4.74. The van der Waals surface area contributed by atoms with Gasteiger partial charge in [0.05, 0.1) is 5.75 Å². The zero-order valence-corrected chi connectivity index (χ0v) is 8.48. The largest absolute Gasteiger partial charge is 0.494 e. The summed E-state index contributed by atoms with van der Waals surface area (Å²) in [5.41, 5.74) is 0. The van der Waals surface area contributed by atoms with Gasteiger partial charge in [0.15, 0.2) is 11.8 Å². The van der Waals surface area contributed by atoms with Gasteiger partial charge in [-0.1, -0.05) is 0 Å². The lowest BCUT2D eigenvalue weighted by atomic mass is 10.6. The van der Waals surface area contributed by atoms with Crippen LogP contribution in [0.1, 0.15) is 0 Å². The summed E-state index contributed by atoms with van der Waals surface area (Å²) in [6, 6.07) is 2.42. The van der Waals surface area contributed by atoms with Crippen molar-refractivity contribution in [3.05, 3.63) is 12.1 Å². The van der Waals surface area contributed by atoms with E-state index in [0.29, 0.717) is 0 Å². The fourth-order valence-corrected chi connectivity index (χ4v) is 0.994. The number of aromatic hydroxyl groups is 2. The molecule has 1 aromatic heterocycles. The van der Waals surface area contributed by atoms with Gasteiger partial charge in [-0.3, -0.25) is 9.36 Å². The third-order valence-corrected chi connectivity index (χ3v) is 1.84. The molecule has 0 radical (unpaired) electrons. The minimum atomic E-state index is -0.879. The van der Waals surface area contributed by atoms with Crippen molar-refractivity contribution in [2.45, 2.75) is 6.54 Å². The summed E-state index contributed by atoms with van der Waals surface area (Å²) in [4.78, 5) is 21.7. The van der Waals surface area contributed by atoms with Gasteiger partial charge in [-0.05, 0) is 0 Å². The molecule has 1 aromatic rings. The number of ether oxygens (including phenoxy) is 1. The first-order valence-electron chi connectivity index (χ1n) is 3.96. The lowest BCUT2D eigenvalue weighted by Crippen LogP contribution is -2.18. The van der Waals surface area contributed by atoms with Gasteiger partial charge < -0.3 is 14.9 Å². The molecular weight excluding hydrogens is 222 g/mol. The van der Waals surface area contributed by atoms with Gasteiger partial charge in [0, 0.05) is 12.1 Å². The summed E-state index contributed by atoms with van der Waals surface area (Å²) >= 11 is 3.61. The van der Waals surface area contributed by atoms with E-state index in [0.717, 1.165) is 4.57 Å². The van der Waals surface area contributed by atoms with Crippen LogP contribution in [0.5, 0.6) is 11.8 Å². The molecule has 82 valence electrons. The van der Waals surface area contributed by atoms with Crippen molar-refractivity contribution in [2.24, 2.45) is 0 Å². The molecule has 0 unspecified atom stereocenters. The van der Waals surface area contributed by atoms with Crippen LogP contribution >= 0.6 is 12.6 Å². The Morgan fingerprint density at radius 3 is 2.27 bits per heavy atom. The molecule has 0 aliphatic carbocycles. The van der Waals surface area contributed by atoms with Gasteiger partial charge in [-0.15, -0.1) is 0 Å². The van der Waals surface area contributed by atoms with Crippen molar-refractivity contribution in [2.75, 3.05) is 5.75 Å². The van der Waals surface area contributed by atoms with Gasteiger partial charge in [-0.2, -0.15) is 12.6 Å². The first-order chi connectivity index (χ1) is 7.04. The molecule has 0 bridgehead atoms. The van der Waals surface area contributed by atoms with Crippen LogP contribution in [0.4, 0.5) is 0 Å². The molecule has 0 amide bonds. The van der Waals surface area contributed by atoms with Gasteiger partial charge in [0.1, 0.15) is 6.54 Å². The Hall–Kier alpha value is -1.63. The van der Waals surface area contributed by atoms with E-state index < -0.39 is 18.5 Å². The number of aromatic nitrogens is 1. The van der Waals surface area contributed by atoms with Crippen molar-refractivity contribution in [3.63, 3.8) is 0 Å². The summed E-state index contributed by atoms with van der Waals surface area (Å²) in [6.45, 7) is -0.440. The molecule has 0 aliphatic heterocycles.